The van der Waals surface area contributed by atoms with Gasteiger partial charge in [0.05, 0.1) is 50.6 Å². The fraction of sp³-hybridized carbons (Fsp3) is 0.432. The molecule has 46 heavy (non-hydrogen) atoms. The van der Waals surface area contributed by atoms with Crippen molar-refractivity contribution in [1.82, 2.24) is 5.32 Å². The summed E-state index contributed by atoms with van der Waals surface area (Å²) in [7, 11) is 1.40. The van der Waals surface area contributed by atoms with Crippen LogP contribution in [0.25, 0.3) is 0 Å². The number of para-hydroxylation sites is 1. The lowest BCUT2D eigenvalue weighted by Crippen LogP contribution is -2.39. The third-order valence-corrected chi connectivity index (χ3v) is 7.94. The summed E-state index contributed by atoms with van der Waals surface area (Å²) in [5.41, 5.74) is 1.73. The highest BCUT2D eigenvalue weighted by atomic mass is 16.5. The van der Waals surface area contributed by atoms with Crippen LogP contribution in [0.4, 0.5) is 0 Å². The second-order valence-electron chi connectivity index (χ2n) is 11.3. The van der Waals surface area contributed by atoms with E-state index in [4.69, 9.17) is 23.7 Å². The van der Waals surface area contributed by atoms with E-state index in [0.717, 1.165) is 42.7 Å². The average molecular weight is 632 g/mol. The number of unbranched alkanes of at least 4 members (excludes halogenated alkanes) is 1. The highest BCUT2D eigenvalue weighted by molar-refractivity contribution is 6.00. The summed E-state index contributed by atoms with van der Waals surface area (Å²) in [5.74, 6) is 0.974. The van der Waals surface area contributed by atoms with Crippen molar-refractivity contribution in [1.29, 1.82) is 0 Å². The van der Waals surface area contributed by atoms with Crippen LogP contribution in [0.1, 0.15) is 78.1 Å². The quantitative estimate of drug-likeness (QED) is 0.132. The average Bonchev–Trinajstić information content (AvgIpc) is 3.09. The molecule has 246 valence electrons. The van der Waals surface area contributed by atoms with Gasteiger partial charge >= 0.3 is 11.9 Å². The molecule has 0 radical (unpaired) electrons. The Morgan fingerprint density at radius 3 is 2.07 bits per heavy atom. The zero-order valence-corrected chi connectivity index (χ0v) is 26.8. The summed E-state index contributed by atoms with van der Waals surface area (Å²) in [6.07, 6.45) is 6.01. The van der Waals surface area contributed by atoms with Crippen LogP contribution in [0.3, 0.4) is 0 Å². The van der Waals surface area contributed by atoms with Gasteiger partial charge in [-0.25, -0.2) is 4.79 Å². The van der Waals surface area contributed by atoms with Crippen molar-refractivity contribution in [3.63, 3.8) is 0 Å². The van der Waals surface area contributed by atoms with Gasteiger partial charge in [-0.2, -0.15) is 0 Å². The van der Waals surface area contributed by atoms with E-state index in [0.29, 0.717) is 51.3 Å². The van der Waals surface area contributed by atoms with E-state index in [1.807, 2.05) is 42.5 Å². The summed E-state index contributed by atoms with van der Waals surface area (Å²) in [4.78, 5) is 37.6. The van der Waals surface area contributed by atoms with Gasteiger partial charge in [-0.3, -0.25) is 9.59 Å². The van der Waals surface area contributed by atoms with Crippen molar-refractivity contribution >= 4 is 17.8 Å². The number of carbonyl (C=O) groups is 3. The molecule has 9 nitrogen and oxygen atoms in total. The lowest BCUT2D eigenvalue weighted by Gasteiger charge is -2.27. The summed E-state index contributed by atoms with van der Waals surface area (Å²) in [5, 5.41) is 3.06. The predicted molar refractivity (Wildman–Crippen MR) is 175 cm³/mol. The van der Waals surface area contributed by atoms with E-state index in [1.165, 1.54) is 13.2 Å². The van der Waals surface area contributed by atoms with Gasteiger partial charge in [-0.1, -0.05) is 30.3 Å². The van der Waals surface area contributed by atoms with Crippen molar-refractivity contribution in [3.05, 3.63) is 89.5 Å². The molecule has 0 atom stereocenters. The molecular weight excluding hydrogens is 586 g/mol. The molecule has 1 amide bonds. The Hall–Kier alpha value is -4.53. The number of hydrogen-bond donors (Lipinski definition) is 1. The van der Waals surface area contributed by atoms with Gasteiger partial charge in [0.15, 0.2) is 0 Å². The van der Waals surface area contributed by atoms with Crippen LogP contribution in [-0.4, -0.2) is 57.4 Å². The normalized spacial score (nSPS) is 15.8. The third-order valence-electron chi connectivity index (χ3n) is 7.94. The van der Waals surface area contributed by atoms with Crippen molar-refractivity contribution in [2.24, 2.45) is 5.92 Å². The van der Waals surface area contributed by atoms with Gasteiger partial charge in [0.2, 0.25) is 0 Å². The molecule has 0 bridgehead atoms. The first-order chi connectivity index (χ1) is 22.5. The molecular formula is C37H45NO8. The van der Waals surface area contributed by atoms with Crippen LogP contribution >= 0.6 is 0 Å². The van der Waals surface area contributed by atoms with E-state index in [-0.39, 0.29) is 41.6 Å². The molecule has 9 heteroatoms. The Morgan fingerprint density at radius 2 is 1.41 bits per heavy atom. The molecule has 1 fully saturated rings. The first-order valence-electron chi connectivity index (χ1n) is 16.2. The second kappa shape index (κ2) is 18.4. The number of aryl methyl sites for hydroxylation is 1. The monoisotopic (exact) mass is 631 g/mol. The van der Waals surface area contributed by atoms with Gasteiger partial charge in [0.25, 0.3) is 5.91 Å². The number of rotatable bonds is 17. The molecule has 1 aliphatic carbocycles. The Labute approximate surface area is 271 Å². The van der Waals surface area contributed by atoms with Crippen LogP contribution in [0.2, 0.25) is 0 Å². The van der Waals surface area contributed by atoms with Gasteiger partial charge in [-0.05, 0) is 106 Å². The lowest BCUT2D eigenvalue weighted by molar-refractivity contribution is -0.146. The molecule has 0 spiro atoms. The Balaban J connectivity index is 1.22. The van der Waals surface area contributed by atoms with Gasteiger partial charge in [0.1, 0.15) is 17.2 Å². The maximum Gasteiger partial charge on any atom is 0.338 e. The van der Waals surface area contributed by atoms with Crippen LogP contribution in [0.5, 0.6) is 17.2 Å². The number of methoxy groups -OCH3 is 1. The van der Waals surface area contributed by atoms with E-state index in [1.54, 1.807) is 19.1 Å². The Morgan fingerprint density at radius 1 is 0.761 bits per heavy atom. The molecule has 0 heterocycles. The van der Waals surface area contributed by atoms with Gasteiger partial charge < -0.3 is 29.0 Å². The van der Waals surface area contributed by atoms with E-state index in [9.17, 15) is 14.4 Å². The SMILES string of the molecule is CCOC(=O)c1ccc(OCCCc2ccc(OCCCCOc3ccccc3)cc2)c(C(=O)NC2CCC(C(=O)OC)CC2)c1. The largest absolute Gasteiger partial charge is 0.494 e. The van der Waals surface area contributed by atoms with E-state index < -0.39 is 5.97 Å². The number of amides is 1. The molecule has 4 rings (SSSR count). The van der Waals surface area contributed by atoms with Crippen molar-refractivity contribution in [3.8, 4) is 17.2 Å². The summed E-state index contributed by atoms with van der Waals surface area (Å²) >= 11 is 0. The van der Waals surface area contributed by atoms with Crippen LogP contribution in [0, 0.1) is 5.92 Å². The molecule has 0 aromatic heterocycles. The smallest absolute Gasteiger partial charge is 0.338 e. The number of nitrogens with one attached hydrogen (secondary N) is 1. The predicted octanol–water partition coefficient (Wildman–Crippen LogP) is 6.57. The van der Waals surface area contributed by atoms with Gasteiger partial charge in [-0.15, -0.1) is 0 Å². The first kappa shape index (κ1) is 34.3. The molecule has 0 aliphatic heterocycles. The minimum Gasteiger partial charge on any atom is -0.494 e. The fourth-order valence-corrected chi connectivity index (χ4v) is 5.39. The summed E-state index contributed by atoms with van der Waals surface area (Å²) < 4.78 is 27.7. The van der Waals surface area contributed by atoms with Crippen molar-refractivity contribution in [2.45, 2.75) is 64.3 Å². The van der Waals surface area contributed by atoms with E-state index >= 15 is 0 Å². The number of benzene rings is 3. The fourth-order valence-electron chi connectivity index (χ4n) is 5.39. The molecule has 1 aliphatic rings. The highest BCUT2D eigenvalue weighted by Crippen LogP contribution is 2.27. The Kier molecular flexibility index (Phi) is 13.8. The highest BCUT2D eigenvalue weighted by Gasteiger charge is 2.28. The molecule has 3 aromatic carbocycles. The zero-order chi connectivity index (χ0) is 32.6. The number of hydrogen-bond acceptors (Lipinski definition) is 8. The summed E-state index contributed by atoms with van der Waals surface area (Å²) in [6.45, 7) is 3.66. The number of carbonyl (C=O) groups excluding carboxylic acids is 3. The molecule has 0 unspecified atom stereocenters. The molecule has 3 aromatic rings. The van der Waals surface area contributed by atoms with Crippen LogP contribution < -0.4 is 19.5 Å². The number of ether oxygens (including phenoxy) is 5. The number of esters is 2. The Bertz CT molecular complexity index is 1380. The minimum atomic E-state index is -0.494. The standard InChI is InChI=1S/C37H45NO8/c1-3-43-37(41)29-17-22-34(33(26-29)35(39)38-30-18-15-28(16-19-30)36(40)42-2)46-25-9-10-27-13-20-32(21-14-27)45-24-8-7-23-44-31-11-5-4-6-12-31/h4-6,11-14,17,20-22,26,28,30H,3,7-10,15-16,18-19,23-25H2,1-2H3,(H,38,39). The second-order valence-corrected chi connectivity index (χ2v) is 11.3. The van der Waals surface area contributed by atoms with Crippen molar-refractivity contribution < 1.29 is 38.1 Å². The first-order valence-corrected chi connectivity index (χ1v) is 16.2. The zero-order valence-electron chi connectivity index (χ0n) is 26.8. The lowest BCUT2D eigenvalue weighted by atomic mass is 9.86. The van der Waals surface area contributed by atoms with Crippen LogP contribution in [0.15, 0.2) is 72.8 Å². The molecule has 0 saturated heterocycles. The van der Waals surface area contributed by atoms with Crippen molar-refractivity contribution in [2.75, 3.05) is 33.5 Å². The topological polar surface area (TPSA) is 109 Å². The molecule has 1 N–H and O–H groups in total. The third kappa shape index (κ3) is 10.8. The maximum absolute atomic E-state index is 13.4. The van der Waals surface area contributed by atoms with Gasteiger partial charge in [0, 0.05) is 6.04 Å². The van der Waals surface area contributed by atoms with E-state index in [2.05, 4.69) is 17.4 Å². The van der Waals surface area contributed by atoms with Crippen LogP contribution in [-0.2, 0) is 20.7 Å². The minimum absolute atomic E-state index is 0.0758. The summed E-state index contributed by atoms with van der Waals surface area (Å²) in [6, 6.07) is 22.6. The maximum atomic E-state index is 13.4. The molecule has 1 saturated carbocycles.